The zero-order valence-corrected chi connectivity index (χ0v) is 19.3. The van der Waals surface area contributed by atoms with Crippen molar-refractivity contribution in [3.63, 3.8) is 0 Å². The lowest BCUT2D eigenvalue weighted by molar-refractivity contribution is -0.166. The lowest BCUT2D eigenvalue weighted by Gasteiger charge is -2.21. The Morgan fingerprint density at radius 2 is 1.82 bits per heavy atom. The molecule has 0 saturated carbocycles. The predicted molar refractivity (Wildman–Crippen MR) is 119 cm³/mol. The van der Waals surface area contributed by atoms with E-state index in [4.69, 9.17) is 0 Å². The molecule has 0 amide bonds. The van der Waals surface area contributed by atoms with Crippen LogP contribution in [0.3, 0.4) is 0 Å². The van der Waals surface area contributed by atoms with Gasteiger partial charge in [0.2, 0.25) is 5.82 Å². The van der Waals surface area contributed by atoms with Gasteiger partial charge < -0.3 is 10.0 Å². The third-order valence-corrected chi connectivity index (χ3v) is 6.39. The van der Waals surface area contributed by atoms with Crippen LogP contribution < -0.4 is 4.90 Å². The Kier molecular flexibility index (Phi) is 5.34. The van der Waals surface area contributed by atoms with Gasteiger partial charge in [0, 0.05) is 24.8 Å². The molecule has 0 spiro atoms. The number of nitrogens with zero attached hydrogens (tertiary/aromatic N) is 10. The first kappa shape index (κ1) is 24.1. The van der Waals surface area contributed by atoms with E-state index in [-0.39, 0.29) is 34.8 Å². The van der Waals surface area contributed by atoms with Crippen molar-refractivity contribution in [1.29, 1.82) is 0 Å². The first-order chi connectivity index (χ1) is 18.1. The zero-order chi connectivity index (χ0) is 26.7. The molecular weight excluding hydrogens is 515 g/mol. The molecule has 38 heavy (non-hydrogen) atoms. The lowest BCUT2D eigenvalue weighted by Crippen LogP contribution is -2.32. The Hall–Kier alpha value is -4.21. The van der Waals surface area contributed by atoms with Gasteiger partial charge in [0.15, 0.2) is 17.0 Å². The van der Waals surface area contributed by atoms with Gasteiger partial charge in [0.05, 0.1) is 23.9 Å². The fourth-order valence-electron chi connectivity index (χ4n) is 4.36. The maximum atomic E-state index is 15.6. The monoisotopic (exact) mass is 532 g/mol. The van der Waals surface area contributed by atoms with Gasteiger partial charge >= 0.3 is 17.8 Å². The number of aliphatic hydroxyl groups excluding tert-OH is 1. The number of anilines is 1. The molecule has 16 heteroatoms. The maximum absolute atomic E-state index is 15.6. The number of benzene rings is 1. The molecular formula is C22H17F5N10O. The summed E-state index contributed by atoms with van der Waals surface area (Å²) in [4.78, 5) is 17.4. The van der Waals surface area contributed by atoms with Crippen LogP contribution in [0.1, 0.15) is 29.1 Å². The molecule has 6 rings (SSSR count). The minimum absolute atomic E-state index is 0.0327. The summed E-state index contributed by atoms with van der Waals surface area (Å²) in [5.41, 5.74) is -3.79. The van der Waals surface area contributed by atoms with Crippen molar-refractivity contribution in [3.8, 4) is 0 Å². The second kappa shape index (κ2) is 8.41. The van der Waals surface area contributed by atoms with E-state index in [1.165, 1.54) is 24.3 Å². The third-order valence-electron chi connectivity index (χ3n) is 6.39. The zero-order valence-electron chi connectivity index (χ0n) is 19.3. The van der Waals surface area contributed by atoms with Gasteiger partial charge in [-0.2, -0.15) is 22.0 Å². The molecule has 0 bridgehead atoms. The number of rotatable bonds is 6. The van der Waals surface area contributed by atoms with E-state index in [1.54, 1.807) is 11.0 Å². The van der Waals surface area contributed by atoms with Crippen LogP contribution in [0.2, 0.25) is 0 Å². The van der Waals surface area contributed by atoms with Gasteiger partial charge in [-0.15, -0.1) is 15.3 Å². The second-order valence-electron chi connectivity index (χ2n) is 8.87. The summed E-state index contributed by atoms with van der Waals surface area (Å²) < 4.78 is 73.3. The van der Waals surface area contributed by atoms with Crippen LogP contribution in [0.4, 0.5) is 27.8 Å². The first-order valence-corrected chi connectivity index (χ1v) is 11.4. The summed E-state index contributed by atoms with van der Waals surface area (Å²) in [6, 6.07) is 6.95. The summed E-state index contributed by atoms with van der Waals surface area (Å²) in [5.74, 6) is -4.44. The smallest absolute Gasteiger partial charge is 0.391 e. The molecule has 0 unspecified atom stereocenters. The number of halogens is 5. The number of aliphatic hydroxyl groups is 1. The van der Waals surface area contributed by atoms with E-state index >= 15 is 8.78 Å². The summed E-state index contributed by atoms with van der Waals surface area (Å²) >= 11 is 0. The first-order valence-electron chi connectivity index (χ1n) is 11.4. The van der Waals surface area contributed by atoms with Crippen LogP contribution in [0.15, 0.2) is 53.1 Å². The van der Waals surface area contributed by atoms with Crippen molar-refractivity contribution in [2.45, 2.75) is 36.8 Å². The molecule has 1 fully saturated rings. The molecule has 0 aliphatic carbocycles. The van der Waals surface area contributed by atoms with Crippen molar-refractivity contribution in [1.82, 2.24) is 34.9 Å². The molecule has 1 N–H and O–H groups in total. The molecule has 1 saturated heterocycles. The lowest BCUT2D eigenvalue weighted by atomic mass is 10.0. The Morgan fingerprint density at radius 1 is 1.05 bits per heavy atom. The molecule has 1 aromatic carbocycles. The molecule has 3 aromatic heterocycles. The molecule has 2 aliphatic heterocycles. The van der Waals surface area contributed by atoms with Crippen molar-refractivity contribution in [3.05, 3.63) is 65.5 Å². The Balaban J connectivity index is 1.48. The fourth-order valence-corrected chi connectivity index (χ4v) is 4.36. The van der Waals surface area contributed by atoms with Gasteiger partial charge in [0.1, 0.15) is 6.33 Å². The maximum Gasteiger partial charge on any atom is 0.442 e. The van der Waals surface area contributed by atoms with Crippen LogP contribution in [0.25, 0.3) is 11.2 Å². The Morgan fingerprint density at radius 3 is 2.47 bits per heavy atom. The van der Waals surface area contributed by atoms with Crippen LogP contribution in [-0.4, -0.2) is 65.4 Å². The molecule has 0 radical (unpaired) electrons. The summed E-state index contributed by atoms with van der Waals surface area (Å²) in [7, 11) is 0. The van der Waals surface area contributed by atoms with E-state index in [0.29, 0.717) is 13.0 Å². The van der Waals surface area contributed by atoms with Gasteiger partial charge in [-0.25, -0.2) is 24.6 Å². The molecule has 4 aromatic rings. The number of hydrogen-bond acceptors (Lipinski definition) is 10. The SMILES string of the molecule is O[C@H]1CCN(c2nc(C(F)(F)c3ccccc3)nc3c2nnn3Cc2ncncc2C2(C(F)(F)F)N=N2)C1. The summed E-state index contributed by atoms with van der Waals surface area (Å²) in [6.45, 7) is 0.0405. The van der Waals surface area contributed by atoms with Crippen LogP contribution in [-0.2, 0) is 18.1 Å². The molecule has 5 heterocycles. The number of fused-ring (bicyclic) bond motifs is 1. The summed E-state index contributed by atoms with van der Waals surface area (Å²) in [6.07, 6.45) is -3.13. The topological polar surface area (TPSA) is 130 Å². The standard InChI is InChI=1S/C22H17F5N10O/c23-20(24,12-4-2-1-3-5-12)19-30-17(36-7-6-13(38)9-36)16-18(31-19)37(35-32-16)10-15-14(8-28-11-29-15)21(33-34-21)22(25,26)27/h1-5,8,11,13,38H,6-7,9-10H2/t13-/m0/s1. The molecule has 2 aliphatic rings. The number of alkyl halides is 5. The largest absolute Gasteiger partial charge is 0.442 e. The third kappa shape index (κ3) is 3.82. The van der Waals surface area contributed by atoms with Crippen molar-refractivity contribution in [2.24, 2.45) is 10.2 Å². The predicted octanol–water partition coefficient (Wildman–Crippen LogP) is 2.95. The van der Waals surface area contributed by atoms with Gasteiger partial charge in [-0.3, -0.25) is 0 Å². The second-order valence-corrected chi connectivity index (χ2v) is 8.87. The van der Waals surface area contributed by atoms with Crippen LogP contribution in [0, 0.1) is 0 Å². The highest BCUT2D eigenvalue weighted by Crippen LogP contribution is 2.53. The number of aromatic nitrogens is 7. The van der Waals surface area contributed by atoms with E-state index in [9.17, 15) is 18.3 Å². The van der Waals surface area contributed by atoms with Crippen LogP contribution in [0.5, 0.6) is 0 Å². The minimum Gasteiger partial charge on any atom is -0.391 e. The highest BCUT2D eigenvalue weighted by molar-refractivity contribution is 5.83. The Labute approximate surface area is 210 Å². The molecule has 1 atom stereocenters. The van der Waals surface area contributed by atoms with E-state index in [1.807, 2.05) is 0 Å². The van der Waals surface area contributed by atoms with Gasteiger partial charge in [-0.05, 0) is 6.42 Å². The summed E-state index contributed by atoms with van der Waals surface area (Å²) in [5, 5.41) is 24.4. The average Bonchev–Trinajstić information content (AvgIpc) is 3.47. The number of β-amino-alcohol motifs (C(OH)–C–C–N with tert-alkyl or cyclic N) is 1. The van der Waals surface area contributed by atoms with E-state index < -0.39 is 41.8 Å². The van der Waals surface area contributed by atoms with E-state index in [2.05, 4.69) is 40.5 Å². The van der Waals surface area contributed by atoms with Crippen molar-refractivity contribution >= 4 is 17.0 Å². The fraction of sp³-hybridized carbons (Fsp3) is 0.364. The van der Waals surface area contributed by atoms with Gasteiger partial charge in [0.25, 0.3) is 0 Å². The van der Waals surface area contributed by atoms with Crippen molar-refractivity contribution < 1.29 is 27.1 Å². The Bertz CT molecular complexity index is 1530. The minimum atomic E-state index is -4.83. The van der Waals surface area contributed by atoms with Gasteiger partial charge in [-0.1, -0.05) is 35.5 Å². The molecule has 11 nitrogen and oxygen atoms in total. The van der Waals surface area contributed by atoms with E-state index in [0.717, 1.165) is 17.2 Å². The normalized spacial score (nSPS) is 18.9. The quantitative estimate of drug-likeness (QED) is 0.375. The molecule has 196 valence electrons. The van der Waals surface area contributed by atoms with Crippen LogP contribution >= 0.6 is 0 Å². The highest BCUT2D eigenvalue weighted by atomic mass is 19.4. The van der Waals surface area contributed by atoms with Crippen molar-refractivity contribution in [2.75, 3.05) is 18.0 Å². The number of hydrogen-bond donors (Lipinski definition) is 1. The highest BCUT2D eigenvalue weighted by Gasteiger charge is 2.66. The average molecular weight is 532 g/mol.